The molecule has 0 aliphatic rings. The van der Waals surface area contributed by atoms with E-state index in [1.807, 2.05) is 36.2 Å². The number of carbonyl (C=O) groups excluding carboxylic acids is 1. The van der Waals surface area contributed by atoms with Gasteiger partial charge in [0.15, 0.2) is 0 Å². The van der Waals surface area contributed by atoms with Crippen molar-refractivity contribution in [2.45, 2.75) is 19.4 Å². The Morgan fingerprint density at radius 2 is 2.00 bits per heavy atom. The van der Waals surface area contributed by atoms with Crippen LogP contribution >= 0.6 is 0 Å². The Morgan fingerprint density at radius 1 is 1.24 bits per heavy atom. The first-order valence-electron chi connectivity index (χ1n) is 6.85. The minimum absolute atomic E-state index is 0.0443. The van der Waals surface area contributed by atoms with Gasteiger partial charge in [-0.2, -0.15) is 10.5 Å². The molecule has 0 fully saturated rings. The van der Waals surface area contributed by atoms with E-state index >= 15 is 0 Å². The minimum atomic E-state index is 0.0443. The molecular formula is C16H20N4O. The van der Waals surface area contributed by atoms with Gasteiger partial charge in [-0.3, -0.25) is 4.79 Å². The molecule has 0 aliphatic carbocycles. The van der Waals surface area contributed by atoms with Crippen LogP contribution in [-0.2, 0) is 11.3 Å². The Labute approximate surface area is 126 Å². The molecule has 0 bridgehead atoms. The molecule has 0 N–H and O–H groups in total. The largest absolute Gasteiger partial charge is 0.345 e. The lowest BCUT2D eigenvalue weighted by atomic mass is 10.1. The molecule has 1 amide bonds. The van der Waals surface area contributed by atoms with Crippen molar-refractivity contribution in [3.63, 3.8) is 0 Å². The number of hydrogen-bond donors (Lipinski definition) is 0. The molecule has 0 saturated carbocycles. The third kappa shape index (κ3) is 6.07. The molecule has 0 heterocycles. The molecule has 0 radical (unpaired) electrons. The molecule has 1 aromatic rings. The highest BCUT2D eigenvalue weighted by Gasteiger charge is 2.10. The summed E-state index contributed by atoms with van der Waals surface area (Å²) in [4.78, 5) is 15.5. The standard InChI is InChI=1S/C16H20N4O/c1-19(10-7-16(21)20(2)9-4-8-17)13-15-6-3-5-14(11-15)12-18/h3,5-6,11H,4,7,9-10,13H2,1-2H3. The van der Waals surface area contributed by atoms with Crippen molar-refractivity contribution >= 4 is 5.91 Å². The van der Waals surface area contributed by atoms with Gasteiger partial charge >= 0.3 is 0 Å². The van der Waals surface area contributed by atoms with E-state index < -0.39 is 0 Å². The highest BCUT2D eigenvalue weighted by molar-refractivity contribution is 5.76. The maximum Gasteiger partial charge on any atom is 0.223 e. The van der Waals surface area contributed by atoms with Crippen molar-refractivity contribution in [2.75, 3.05) is 27.2 Å². The smallest absolute Gasteiger partial charge is 0.223 e. The van der Waals surface area contributed by atoms with Gasteiger partial charge in [0.1, 0.15) is 0 Å². The summed E-state index contributed by atoms with van der Waals surface area (Å²) in [5.74, 6) is 0.0443. The summed E-state index contributed by atoms with van der Waals surface area (Å²) in [5, 5.41) is 17.4. The lowest BCUT2D eigenvalue weighted by Gasteiger charge is -2.19. The third-order valence-electron chi connectivity index (χ3n) is 3.20. The van der Waals surface area contributed by atoms with Crippen molar-refractivity contribution in [3.8, 4) is 12.1 Å². The highest BCUT2D eigenvalue weighted by Crippen LogP contribution is 2.07. The van der Waals surface area contributed by atoms with Crippen molar-refractivity contribution < 1.29 is 4.79 Å². The van der Waals surface area contributed by atoms with E-state index in [0.717, 1.165) is 5.56 Å². The van der Waals surface area contributed by atoms with E-state index in [1.54, 1.807) is 18.0 Å². The fourth-order valence-corrected chi connectivity index (χ4v) is 1.95. The van der Waals surface area contributed by atoms with Crippen LogP contribution in [0.5, 0.6) is 0 Å². The Morgan fingerprint density at radius 3 is 2.67 bits per heavy atom. The van der Waals surface area contributed by atoms with Crippen LogP contribution in [-0.4, -0.2) is 42.9 Å². The van der Waals surface area contributed by atoms with Gasteiger partial charge in [0.25, 0.3) is 0 Å². The molecular weight excluding hydrogens is 264 g/mol. The molecule has 0 atom stereocenters. The van der Waals surface area contributed by atoms with Gasteiger partial charge in [-0.1, -0.05) is 12.1 Å². The summed E-state index contributed by atoms with van der Waals surface area (Å²) < 4.78 is 0. The number of nitrogens with zero attached hydrogens (tertiary/aromatic N) is 4. The zero-order valence-electron chi connectivity index (χ0n) is 12.5. The quantitative estimate of drug-likeness (QED) is 0.764. The molecule has 1 aromatic carbocycles. The summed E-state index contributed by atoms with van der Waals surface area (Å²) in [6, 6.07) is 11.6. The topological polar surface area (TPSA) is 71.1 Å². The molecule has 5 heteroatoms. The monoisotopic (exact) mass is 284 g/mol. The van der Waals surface area contributed by atoms with E-state index in [1.165, 1.54) is 0 Å². The van der Waals surface area contributed by atoms with Crippen molar-refractivity contribution in [1.82, 2.24) is 9.80 Å². The van der Waals surface area contributed by atoms with Crippen LogP contribution in [0, 0.1) is 22.7 Å². The Kier molecular flexibility index (Phi) is 6.94. The van der Waals surface area contributed by atoms with Crippen LogP contribution in [0.3, 0.4) is 0 Å². The van der Waals surface area contributed by atoms with E-state index in [4.69, 9.17) is 10.5 Å². The van der Waals surface area contributed by atoms with E-state index in [-0.39, 0.29) is 5.91 Å². The van der Waals surface area contributed by atoms with Crippen molar-refractivity contribution in [3.05, 3.63) is 35.4 Å². The van der Waals surface area contributed by atoms with Crippen LogP contribution in [0.15, 0.2) is 24.3 Å². The average Bonchev–Trinajstić information content (AvgIpc) is 2.50. The number of hydrogen-bond acceptors (Lipinski definition) is 4. The molecule has 0 aromatic heterocycles. The first-order chi connectivity index (χ1) is 10.1. The lowest BCUT2D eigenvalue weighted by molar-refractivity contribution is -0.130. The van der Waals surface area contributed by atoms with Crippen molar-refractivity contribution in [1.29, 1.82) is 10.5 Å². The van der Waals surface area contributed by atoms with Gasteiger partial charge in [0.05, 0.1) is 24.1 Å². The second-order valence-electron chi connectivity index (χ2n) is 5.02. The third-order valence-corrected chi connectivity index (χ3v) is 3.20. The number of rotatable bonds is 7. The second kappa shape index (κ2) is 8.73. The van der Waals surface area contributed by atoms with Crippen LogP contribution in [0.4, 0.5) is 0 Å². The predicted octanol–water partition coefficient (Wildman–Crippen LogP) is 1.75. The number of benzene rings is 1. The summed E-state index contributed by atoms with van der Waals surface area (Å²) in [6.07, 6.45) is 0.787. The van der Waals surface area contributed by atoms with Gasteiger partial charge in [0.2, 0.25) is 5.91 Å². The molecule has 21 heavy (non-hydrogen) atoms. The van der Waals surface area contributed by atoms with Crippen LogP contribution in [0.25, 0.3) is 0 Å². The highest BCUT2D eigenvalue weighted by atomic mass is 16.2. The SMILES string of the molecule is CN(CCC(=O)N(C)CCC#N)Cc1cccc(C#N)c1. The van der Waals surface area contributed by atoms with E-state index in [2.05, 4.69) is 6.07 Å². The average molecular weight is 284 g/mol. The normalized spacial score (nSPS) is 9.95. The molecule has 110 valence electrons. The number of nitriles is 2. The lowest BCUT2D eigenvalue weighted by Crippen LogP contribution is -2.31. The molecule has 5 nitrogen and oxygen atoms in total. The maximum absolute atomic E-state index is 11.9. The van der Waals surface area contributed by atoms with Gasteiger partial charge < -0.3 is 9.80 Å². The molecule has 1 rings (SSSR count). The fourth-order valence-electron chi connectivity index (χ4n) is 1.95. The summed E-state index contributed by atoms with van der Waals surface area (Å²) >= 11 is 0. The maximum atomic E-state index is 11.9. The first kappa shape index (κ1) is 16.7. The fraction of sp³-hybridized carbons (Fsp3) is 0.438. The Hall–Kier alpha value is -2.37. The van der Waals surface area contributed by atoms with Crippen LogP contribution in [0.1, 0.15) is 24.0 Å². The van der Waals surface area contributed by atoms with Crippen molar-refractivity contribution in [2.24, 2.45) is 0 Å². The summed E-state index contributed by atoms with van der Waals surface area (Å²) in [6.45, 7) is 1.82. The van der Waals surface area contributed by atoms with E-state index in [9.17, 15) is 4.79 Å². The van der Waals surface area contributed by atoms with Crippen LogP contribution in [0.2, 0.25) is 0 Å². The zero-order valence-corrected chi connectivity index (χ0v) is 12.5. The summed E-state index contributed by atoms with van der Waals surface area (Å²) in [7, 11) is 3.66. The minimum Gasteiger partial charge on any atom is -0.345 e. The summed E-state index contributed by atoms with van der Waals surface area (Å²) in [5.41, 5.74) is 1.70. The zero-order chi connectivity index (χ0) is 15.7. The van der Waals surface area contributed by atoms with Gasteiger partial charge in [-0.05, 0) is 24.7 Å². The molecule has 0 unspecified atom stereocenters. The van der Waals surface area contributed by atoms with Gasteiger partial charge in [0, 0.05) is 33.1 Å². The number of amides is 1. The second-order valence-corrected chi connectivity index (χ2v) is 5.02. The number of carbonyl (C=O) groups is 1. The molecule has 0 saturated heterocycles. The van der Waals surface area contributed by atoms with E-state index in [0.29, 0.717) is 38.0 Å². The molecule has 0 aliphatic heterocycles. The Bertz CT molecular complexity index is 556. The van der Waals surface area contributed by atoms with Gasteiger partial charge in [-0.15, -0.1) is 0 Å². The molecule has 0 spiro atoms. The first-order valence-corrected chi connectivity index (χ1v) is 6.85. The van der Waals surface area contributed by atoms with Crippen LogP contribution < -0.4 is 0 Å². The Balaban J connectivity index is 2.40. The predicted molar refractivity (Wildman–Crippen MR) is 80.0 cm³/mol. The van der Waals surface area contributed by atoms with Gasteiger partial charge in [-0.25, -0.2) is 0 Å².